The monoisotopic (exact) mass is 210 g/mol. The Labute approximate surface area is 87.9 Å². The van der Waals surface area contributed by atoms with Gasteiger partial charge in [0.1, 0.15) is 0 Å². The van der Waals surface area contributed by atoms with Crippen LogP contribution in [0.1, 0.15) is 17.4 Å². The van der Waals surface area contributed by atoms with Crippen molar-refractivity contribution in [3.8, 4) is 0 Å². The van der Waals surface area contributed by atoms with Crippen molar-refractivity contribution in [2.24, 2.45) is 0 Å². The normalized spacial score (nSPS) is 9.08. The molecule has 0 N–H and O–H groups in total. The fourth-order valence-corrected chi connectivity index (χ4v) is 2.14. The standard InChI is InChI=1S/C6H8S.C5H6S/c1-2-6-3-4-7-5-6;1-5-3-2-4-6-5/h3-5H,2H2,1H3;2-4H,1H3. The van der Waals surface area contributed by atoms with Crippen LogP contribution >= 0.6 is 22.7 Å². The van der Waals surface area contributed by atoms with Crippen LogP contribution < -0.4 is 0 Å². The van der Waals surface area contributed by atoms with Crippen LogP contribution in [-0.4, -0.2) is 0 Å². The van der Waals surface area contributed by atoms with Gasteiger partial charge in [-0.25, -0.2) is 0 Å². The zero-order valence-corrected chi connectivity index (χ0v) is 9.62. The highest BCUT2D eigenvalue weighted by atomic mass is 32.1. The molecule has 2 heterocycles. The second kappa shape index (κ2) is 5.95. The lowest BCUT2D eigenvalue weighted by molar-refractivity contribution is 1.16. The van der Waals surface area contributed by atoms with Crippen molar-refractivity contribution in [2.45, 2.75) is 20.3 Å². The van der Waals surface area contributed by atoms with Crippen LogP contribution in [0.15, 0.2) is 34.3 Å². The van der Waals surface area contributed by atoms with Crippen LogP contribution in [0.5, 0.6) is 0 Å². The van der Waals surface area contributed by atoms with E-state index in [1.807, 2.05) is 0 Å². The van der Waals surface area contributed by atoms with E-state index in [4.69, 9.17) is 0 Å². The molecule has 0 fully saturated rings. The first-order valence-electron chi connectivity index (χ1n) is 4.34. The molecule has 0 bridgehead atoms. The molecule has 0 radical (unpaired) electrons. The first-order chi connectivity index (χ1) is 6.33. The van der Waals surface area contributed by atoms with Gasteiger partial charge in [-0.1, -0.05) is 13.0 Å². The lowest BCUT2D eigenvalue weighted by atomic mass is 10.3. The minimum Gasteiger partial charge on any atom is -0.152 e. The van der Waals surface area contributed by atoms with Gasteiger partial charge in [-0.15, -0.1) is 11.3 Å². The van der Waals surface area contributed by atoms with Crippen molar-refractivity contribution in [3.05, 3.63) is 44.8 Å². The van der Waals surface area contributed by atoms with Gasteiger partial charge >= 0.3 is 0 Å². The molecule has 0 saturated carbocycles. The van der Waals surface area contributed by atoms with Crippen LogP contribution in [0.2, 0.25) is 0 Å². The second-order valence-corrected chi connectivity index (χ2v) is 4.64. The molecule has 0 nitrogen and oxygen atoms in total. The van der Waals surface area contributed by atoms with Gasteiger partial charge < -0.3 is 0 Å². The smallest absolute Gasteiger partial charge is 0.00141 e. The molecular weight excluding hydrogens is 196 g/mol. The van der Waals surface area contributed by atoms with E-state index in [2.05, 4.69) is 48.2 Å². The van der Waals surface area contributed by atoms with E-state index in [9.17, 15) is 0 Å². The maximum Gasteiger partial charge on any atom is 0.00141 e. The summed E-state index contributed by atoms with van der Waals surface area (Å²) in [6.07, 6.45) is 1.17. The molecule has 0 amide bonds. The van der Waals surface area contributed by atoms with E-state index in [1.54, 1.807) is 22.7 Å². The number of hydrogen-bond donors (Lipinski definition) is 0. The number of rotatable bonds is 1. The third-order valence-electron chi connectivity index (χ3n) is 1.65. The summed E-state index contributed by atoms with van der Waals surface area (Å²) in [5.74, 6) is 0. The lowest BCUT2D eigenvalue weighted by Crippen LogP contribution is -1.66. The molecule has 13 heavy (non-hydrogen) atoms. The van der Waals surface area contributed by atoms with Gasteiger partial charge in [0.15, 0.2) is 0 Å². The highest BCUT2D eigenvalue weighted by Crippen LogP contribution is 2.05. The molecule has 0 atom stereocenters. The van der Waals surface area contributed by atoms with E-state index in [0.29, 0.717) is 0 Å². The number of thiophene rings is 2. The van der Waals surface area contributed by atoms with Gasteiger partial charge in [-0.05, 0) is 47.2 Å². The van der Waals surface area contributed by atoms with Crippen molar-refractivity contribution in [1.29, 1.82) is 0 Å². The molecule has 0 aliphatic carbocycles. The van der Waals surface area contributed by atoms with E-state index in [1.165, 1.54) is 16.9 Å². The molecule has 2 aromatic rings. The molecule has 2 heteroatoms. The summed E-state index contributed by atoms with van der Waals surface area (Å²) >= 11 is 3.54. The van der Waals surface area contributed by atoms with E-state index in [-0.39, 0.29) is 0 Å². The average molecular weight is 210 g/mol. The minimum absolute atomic E-state index is 1.17. The van der Waals surface area contributed by atoms with Crippen molar-refractivity contribution >= 4 is 22.7 Å². The highest BCUT2D eigenvalue weighted by Gasteiger charge is 1.82. The molecule has 2 rings (SSSR count). The molecule has 70 valence electrons. The molecule has 0 spiro atoms. The Morgan fingerprint density at radius 1 is 1.23 bits per heavy atom. The van der Waals surface area contributed by atoms with Crippen LogP contribution in [0.25, 0.3) is 0 Å². The first kappa shape index (κ1) is 10.5. The Balaban J connectivity index is 0.000000132. The van der Waals surface area contributed by atoms with Gasteiger partial charge in [0.05, 0.1) is 0 Å². The summed E-state index contributed by atoms with van der Waals surface area (Å²) in [5.41, 5.74) is 1.45. The zero-order chi connectivity index (χ0) is 9.52. The quantitative estimate of drug-likeness (QED) is 0.656. The van der Waals surface area contributed by atoms with Crippen molar-refractivity contribution in [1.82, 2.24) is 0 Å². The molecule has 0 unspecified atom stereocenters. The van der Waals surface area contributed by atoms with Crippen LogP contribution in [0.3, 0.4) is 0 Å². The third-order valence-corrected chi connectivity index (χ3v) is 3.18. The summed E-state index contributed by atoms with van der Waals surface area (Å²) in [6.45, 7) is 4.27. The van der Waals surface area contributed by atoms with Crippen molar-refractivity contribution in [3.63, 3.8) is 0 Å². The predicted molar refractivity (Wildman–Crippen MR) is 62.8 cm³/mol. The van der Waals surface area contributed by atoms with Crippen LogP contribution in [0.4, 0.5) is 0 Å². The Morgan fingerprint density at radius 2 is 2.08 bits per heavy atom. The molecule has 0 aromatic carbocycles. The highest BCUT2D eigenvalue weighted by molar-refractivity contribution is 7.09. The minimum atomic E-state index is 1.17. The van der Waals surface area contributed by atoms with Gasteiger partial charge in [0, 0.05) is 4.88 Å². The SMILES string of the molecule is CCc1ccsc1.Cc1cccs1. The molecular formula is C11H14S2. The fourth-order valence-electron chi connectivity index (χ4n) is 0.855. The summed E-state index contributed by atoms with van der Waals surface area (Å²) in [5, 5.41) is 6.37. The Hall–Kier alpha value is -0.600. The van der Waals surface area contributed by atoms with E-state index in [0.717, 1.165) is 0 Å². The summed E-state index contributed by atoms with van der Waals surface area (Å²) in [7, 11) is 0. The Morgan fingerprint density at radius 3 is 2.31 bits per heavy atom. The van der Waals surface area contributed by atoms with Crippen molar-refractivity contribution < 1.29 is 0 Å². The molecule has 0 saturated heterocycles. The Kier molecular flexibility index (Phi) is 4.79. The first-order valence-corrected chi connectivity index (χ1v) is 6.16. The fraction of sp³-hybridized carbons (Fsp3) is 0.273. The van der Waals surface area contributed by atoms with E-state index < -0.39 is 0 Å². The summed E-state index contributed by atoms with van der Waals surface area (Å²) in [6, 6.07) is 6.31. The topological polar surface area (TPSA) is 0 Å². The summed E-state index contributed by atoms with van der Waals surface area (Å²) < 4.78 is 0. The number of hydrogen-bond acceptors (Lipinski definition) is 2. The van der Waals surface area contributed by atoms with Gasteiger partial charge in [-0.2, -0.15) is 11.3 Å². The van der Waals surface area contributed by atoms with Gasteiger partial charge in [-0.3, -0.25) is 0 Å². The third kappa shape index (κ3) is 4.25. The zero-order valence-electron chi connectivity index (χ0n) is 7.99. The number of aryl methyl sites for hydroxylation is 2. The average Bonchev–Trinajstić information content (AvgIpc) is 2.76. The van der Waals surface area contributed by atoms with Gasteiger partial charge in [0.25, 0.3) is 0 Å². The van der Waals surface area contributed by atoms with Gasteiger partial charge in [0.2, 0.25) is 0 Å². The predicted octanol–water partition coefficient (Wildman–Crippen LogP) is 4.37. The maximum atomic E-state index is 2.18. The largest absolute Gasteiger partial charge is 0.152 e. The van der Waals surface area contributed by atoms with Crippen LogP contribution in [0, 0.1) is 6.92 Å². The van der Waals surface area contributed by atoms with E-state index >= 15 is 0 Å². The summed E-state index contributed by atoms with van der Waals surface area (Å²) in [4.78, 5) is 1.38. The second-order valence-electron chi connectivity index (χ2n) is 2.71. The van der Waals surface area contributed by atoms with Crippen molar-refractivity contribution in [2.75, 3.05) is 0 Å². The van der Waals surface area contributed by atoms with Crippen LogP contribution in [-0.2, 0) is 6.42 Å². The molecule has 0 aliphatic rings. The molecule has 2 aromatic heterocycles. The molecule has 0 aliphatic heterocycles. The Bertz CT molecular complexity index is 293. The maximum absolute atomic E-state index is 2.18. The lowest BCUT2D eigenvalue weighted by Gasteiger charge is -1.78.